The van der Waals surface area contributed by atoms with Crippen molar-refractivity contribution in [1.29, 1.82) is 0 Å². The molecule has 2 aromatic heterocycles. The molecule has 3 heterocycles. The third-order valence-corrected chi connectivity index (χ3v) is 6.42. The molecule has 0 radical (unpaired) electrons. The molecular weight excluding hydrogens is 434 g/mol. The molecule has 8 nitrogen and oxygen atoms in total. The van der Waals surface area contributed by atoms with Crippen LogP contribution in [0.1, 0.15) is 35.4 Å². The molecule has 0 amide bonds. The van der Waals surface area contributed by atoms with Crippen molar-refractivity contribution in [3.63, 3.8) is 0 Å². The summed E-state index contributed by atoms with van der Waals surface area (Å²) in [5, 5.41) is 6.71. The quantitative estimate of drug-likeness (QED) is 0.552. The number of nitrogens with zero attached hydrogens (tertiary/aromatic N) is 5. The van der Waals surface area contributed by atoms with Crippen molar-refractivity contribution < 1.29 is 4.21 Å². The van der Waals surface area contributed by atoms with Crippen LogP contribution in [0.3, 0.4) is 0 Å². The van der Waals surface area contributed by atoms with Gasteiger partial charge in [-0.2, -0.15) is 9.35 Å². The van der Waals surface area contributed by atoms with E-state index in [-0.39, 0.29) is 0 Å². The van der Waals surface area contributed by atoms with Crippen molar-refractivity contribution in [1.82, 2.24) is 19.9 Å². The number of anilines is 4. The van der Waals surface area contributed by atoms with Crippen LogP contribution in [-0.2, 0) is 22.7 Å². The lowest BCUT2D eigenvalue weighted by atomic mass is 9.99. The van der Waals surface area contributed by atoms with Crippen molar-refractivity contribution in [2.45, 2.75) is 31.7 Å². The summed E-state index contributed by atoms with van der Waals surface area (Å²) >= 11 is 0. The van der Waals surface area contributed by atoms with Crippen LogP contribution in [0.15, 0.2) is 47.0 Å². The normalized spacial score (nSPS) is 16.2. The molecule has 0 bridgehead atoms. The van der Waals surface area contributed by atoms with Gasteiger partial charge >= 0.3 is 0 Å². The first kappa shape index (κ1) is 21.8. The van der Waals surface area contributed by atoms with Gasteiger partial charge in [-0.25, -0.2) is 14.2 Å². The number of aromatic nitrogens is 3. The largest absolute Gasteiger partial charge is 0.324 e. The minimum absolute atomic E-state index is 0.439. The fraction of sp³-hybridized carbons (Fsp3) is 0.375. The zero-order chi connectivity index (χ0) is 23.0. The Bertz CT molecular complexity index is 1300. The SMILES string of the molecule is CN1CCc2ccc(Nc3ncc(C4CC4)c(Nc4cccc(N=S(C)(C)=O)n4)n3)cc2C1. The molecule has 5 rings (SSSR count). The molecule has 1 fully saturated rings. The van der Waals surface area contributed by atoms with Crippen LogP contribution < -0.4 is 10.6 Å². The zero-order valence-electron chi connectivity index (χ0n) is 19.2. The average molecular weight is 464 g/mol. The predicted octanol–water partition coefficient (Wildman–Crippen LogP) is 4.58. The number of likely N-dealkylation sites (N-methyl/N-ethyl adjacent to an activating group) is 1. The van der Waals surface area contributed by atoms with Crippen LogP contribution in [0.2, 0.25) is 0 Å². The summed E-state index contributed by atoms with van der Waals surface area (Å²) in [5.41, 5.74) is 4.82. The van der Waals surface area contributed by atoms with Crippen molar-refractivity contribution in [2.75, 3.05) is 36.7 Å². The van der Waals surface area contributed by atoms with E-state index in [1.807, 2.05) is 18.3 Å². The Balaban J connectivity index is 1.41. The Kier molecular flexibility index (Phi) is 5.76. The van der Waals surface area contributed by atoms with E-state index in [1.165, 1.54) is 11.1 Å². The van der Waals surface area contributed by atoms with E-state index in [1.54, 1.807) is 18.6 Å². The van der Waals surface area contributed by atoms with E-state index in [0.717, 1.165) is 49.4 Å². The van der Waals surface area contributed by atoms with Crippen LogP contribution in [0.4, 0.5) is 29.1 Å². The van der Waals surface area contributed by atoms with Gasteiger partial charge in [0.25, 0.3) is 0 Å². The van der Waals surface area contributed by atoms with Crippen molar-refractivity contribution in [3.05, 3.63) is 59.3 Å². The Morgan fingerprint density at radius 3 is 2.73 bits per heavy atom. The molecule has 0 saturated heterocycles. The first-order valence-corrected chi connectivity index (χ1v) is 13.5. The van der Waals surface area contributed by atoms with Crippen LogP contribution in [0.25, 0.3) is 0 Å². The highest BCUT2D eigenvalue weighted by molar-refractivity contribution is 7.92. The highest BCUT2D eigenvalue weighted by Gasteiger charge is 2.28. The first-order chi connectivity index (χ1) is 15.8. The van der Waals surface area contributed by atoms with E-state index in [0.29, 0.717) is 23.5 Å². The highest BCUT2D eigenvalue weighted by atomic mass is 32.2. The van der Waals surface area contributed by atoms with Gasteiger partial charge in [-0.3, -0.25) is 0 Å². The second-order valence-corrected chi connectivity index (χ2v) is 11.7. The summed E-state index contributed by atoms with van der Waals surface area (Å²) in [5.74, 6) is 2.81. The van der Waals surface area contributed by atoms with E-state index >= 15 is 0 Å². The van der Waals surface area contributed by atoms with Gasteiger partial charge in [0.15, 0.2) is 5.82 Å². The van der Waals surface area contributed by atoms with Crippen molar-refractivity contribution in [2.24, 2.45) is 4.36 Å². The smallest absolute Gasteiger partial charge is 0.229 e. The molecule has 3 aromatic rings. The van der Waals surface area contributed by atoms with Crippen LogP contribution in [0.5, 0.6) is 0 Å². The molecule has 0 spiro atoms. The van der Waals surface area contributed by atoms with Gasteiger partial charge in [0, 0.05) is 52.8 Å². The highest BCUT2D eigenvalue weighted by Crippen LogP contribution is 2.43. The molecule has 2 N–H and O–H groups in total. The molecule has 1 aromatic carbocycles. The topological polar surface area (TPSA) is 95.4 Å². The monoisotopic (exact) mass is 463 g/mol. The molecule has 1 saturated carbocycles. The second kappa shape index (κ2) is 8.72. The maximum Gasteiger partial charge on any atom is 0.229 e. The van der Waals surface area contributed by atoms with Gasteiger partial charge in [0.2, 0.25) is 5.95 Å². The molecule has 0 unspecified atom stereocenters. The van der Waals surface area contributed by atoms with Crippen LogP contribution >= 0.6 is 0 Å². The number of hydrogen-bond acceptors (Lipinski definition) is 8. The number of pyridine rings is 1. The Morgan fingerprint density at radius 2 is 1.94 bits per heavy atom. The number of rotatable bonds is 6. The fourth-order valence-electron chi connectivity index (χ4n) is 4.04. The molecule has 1 aliphatic carbocycles. The average Bonchev–Trinajstić information content (AvgIpc) is 3.58. The summed E-state index contributed by atoms with van der Waals surface area (Å²) in [4.78, 5) is 16.2. The lowest BCUT2D eigenvalue weighted by Crippen LogP contribution is -2.26. The third-order valence-electron chi connectivity index (χ3n) is 5.79. The van der Waals surface area contributed by atoms with Gasteiger partial charge in [-0.15, -0.1) is 0 Å². The molecule has 172 valence electrons. The molecule has 33 heavy (non-hydrogen) atoms. The predicted molar refractivity (Wildman–Crippen MR) is 133 cm³/mol. The lowest BCUT2D eigenvalue weighted by molar-refractivity contribution is 0.313. The summed E-state index contributed by atoms with van der Waals surface area (Å²) in [6.45, 7) is 2.05. The minimum Gasteiger partial charge on any atom is -0.324 e. The lowest BCUT2D eigenvalue weighted by Gasteiger charge is -2.25. The van der Waals surface area contributed by atoms with Crippen LogP contribution in [0, 0.1) is 0 Å². The molecule has 0 atom stereocenters. The number of fused-ring (bicyclic) bond motifs is 1. The Hall–Kier alpha value is -3.04. The Morgan fingerprint density at radius 1 is 1.09 bits per heavy atom. The zero-order valence-corrected chi connectivity index (χ0v) is 20.0. The summed E-state index contributed by atoms with van der Waals surface area (Å²) in [6.07, 6.45) is 8.46. The van der Waals surface area contributed by atoms with Gasteiger partial charge in [0.1, 0.15) is 11.6 Å². The fourth-order valence-corrected chi connectivity index (χ4v) is 4.59. The third kappa shape index (κ3) is 5.48. The van der Waals surface area contributed by atoms with Gasteiger partial charge in [0.05, 0.1) is 0 Å². The molecule has 9 heteroatoms. The van der Waals surface area contributed by atoms with E-state index in [9.17, 15) is 4.21 Å². The summed E-state index contributed by atoms with van der Waals surface area (Å²) in [7, 11) is -0.135. The summed E-state index contributed by atoms with van der Waals surface area (Å²) < 4.78 is 16.3. The van der Waals surface area contributed by atoms with Crippen LogP contribution in [-0.4, -0.2) is 50.2 Å². The maximum absolute atomic E-state index is 12.0. The number of benzene rings is 1. The number of hydrogen-bond donors (Lipinski definition) is 2. The standard InChI is InChI=1S/C24H29N7OS/c1-31-12-11-16-9-10-19(13-18(16)15-31)26-24-25-14-20(17-7-8-17)23(29-24)28-21-5-4-6-22(27-21)30-33(2,3)32/h4-6,9-10,13-14,17H,7-8,11-12,15H2,1-3H3,(H2,25,26,27,28,29). The first-order valence-electron chi connectivity index (χ1n) is 11.2. The Labute approximate surface area is 195 Å². The molecular formula is C24H29N7OS. The van der Waals surface area contributed by atoms with Crippen molar-refractivity contribution in [3.8, 4) is 0 Å². The maximum atomic E-state index is 12.0. The van der Waals surface area contributed by atoms with E-state index < -0.39 is 9.73 Å². The van der Waals surface area contributed by atoms with Gasteiger partial charge < -0.3 is 15.5 Å². The molecule has 2 aliphatic rings. The minimum atomic E-state index is -2.28. The van der Waals surface area contributed by atoms with Gasteiger partial charge in [-0.05, 0) is 67.6 Å². The number of nitrogens with one attached hydrogen (secondary N) is 2. The van der Waals surface area contributed by atoms with E-state index in [4.69, 9.17) is 4.98 Å². The van der Waals surface area contributed by atoms with Gasteiger partial charge in [-0.1, -0.05) is 12.1 Å². The van der Waals surface area contributed by atoms with E-state index in [2.05, 4.69) is 55.1 Å². The van der Waals surface area contributed by atoms with Crippen molar-refractivity contribution >= 4 is 38.8 Å². The molecule has 1 aliphatic heterocycles. The summed E-state index contributed by atoms with van der Waals surface area (Å²) in [6, 6.07) is 11.9. The second-order valence-electron chi connectivity index (χ2n) is 9.15.